The molecule has 0 aromatic carbocycles. The highest BCUT2D eigenvalue weighted by Crippen LogP contribution is 2.47. The standard InChI is InChI=1S/C11H14F2N2O2S/c12-11(13)5-3-10(7-14,4-6-11)8-1-2-9(18-8)15(16)17/h1-2H,3-7,14H2. The van der Waals surface area contributed by atoms with E-state index in [9.17, 15) is 18.9 Å². The van der Waals surface area contributed by atoms with E-state index in [0.717, 1.165) is 16.2 Å². The molecule has 1 aliphatic rings. The SMILES string of the molecule is NCC1(c2ccc([N+](=O)[O-])s2)CCC(F)(F)CC1. The summed E-state index contributed by atoms with van der Waals surface area (Å²) in [5.41, 5.74) is 5.22. The van der Waals surface area contributed by atoms with Crippen LogP contribution < -0.4 is 5.73 Å². The molecule has 0 amide bonds. The Balaban J connectivity index is 2.25. The molecule has 4 nitrogen and oxygen atoms in total. The molecular weight excluding hydrogens is 262 g/mol. The maximum Gasteiger partial charge on any atom is 0.324 e. The molecule has 1 fully saturated rings. The van der Waals surface area contributed by atoms with Crippen molar-refractivity contribution in [2.45, 2.75) is 37.0 Å². The first-order valence-corrected chi connectivity index (χ1v) is 6.53. The van der Waals surface area contributed by atoms with Crippen LogP contribution >= 0.6 is 11.3 Å². The number of nitro groups is 1. The number of halogens is 2. The molecule has 0 atom stereocenters. The second-order valence-electron chi connectivity index (χ2n) is 4.74. The van der Waals surface area contributed by atoms with Gasteiger partial charge in [0.25, 0.3) is 0 Å². The molecule has 0 saturated heterocycles. The Bertz CT molecular complexity index is 452. The molecule has 1 aromatic rings. The number of hydrogen-bond acceptors (Lipinski definition) is 4. The number of nitrogens with two attached hydrogens (primary N) is 1. The Morgan fingerprint density at radius 1 is 1.33 bits per heavy atom. The second kappa shape index (κ2) is 4.55. The summed E-state index contributed by atoms with van der Waals surface area (Å²) < 4.78 is 26.4. The van der Waals surface area contributed by atoms with E-state index in [-0.39, 0.29) is 37.2 Å². The van der Waals surface area contributed by atoms with Crippen molar-refractivity contribution in [2.24, 2.45) is 5.73 Å². The molecule has 0 bridgehead atoms. The molecule has 1 aromatic heterocycles. The maximum atomic E-state index is 13.2. The summed E-state index contributed by atoms with van der Waals surface area (Å²) >= 11 is 1.05. The lowest BCUT2D eigenvalue weighted by Crippen LogP contribution is -2.41. The van der Waals surface area contributed by atoms with E-state index in [1.807, 2.05) is 0 Å². The highest BCUT2D eigenvalue weighted by atomic mass is 32.1. The smallest absolute Gasteiger partial charge is 0.324 e. The second-order valence-corrected chi connectivity index (χ2v) is 5.80. The molecular formula is C11H14F2N2O2S. The molecule has 1 saturated carbocycles. The van der Waals surface area contributed by atoms with Gasteiger partial charge in [0.05, 0.1) is 4.92 Å². The van der Waals surface area contributed by atoms with Crippen LogP contribution in [-0.4, -0.2) is 17.4 Å². The molecule has 0 spiro atoms. The Morgan fingerprint density at radius 3 is 2.39 bits per heavy atom. The zero-order chi connectivity index (χ0) is 13.4. The normalized spacial score (nSPS) is 21.7. The van der Waals surface area contributed by atoms with E-state index in [4.69, 9.17) is 5.73 Å². The molecule has 2 rings (SSSR count). The van der Waals surface area contributed by atoms with E-state index >= 15 is 0 Å². The molecule has 100 valence electrons. The van der Waals surface area contributed by atoms with Gasteiger partial charge in [0, 0.05) is 35.7 Å². The molecule has 18 heavy (non-hydrogen) atoms. The Labute approximate surface area is 107 Å². The van der Waals surface area contributed by atoms with Crippen molar-refractivity contribution >= 4 is 16.3 Å². The maximum absolute atomic E-state index is 13.2. The zero-order valence-electron chi connectivity index (χ0n) is 9.70. The van der Waals surface area contributed by atoms with Crippen molar-refractivity contribution in [3.05, 3.63) is 27.1 Å². The van der Waals surface area contributed by atoms with E-state index in [0.29, 0.717) is 0 Å². The van der Waals surface area contributed by atoms with Crippen LogP contribution in [-0.2, 0) is 5.41 Å². The Kier molecular flexibility index (Phi) is 3.37. The van der Waals surface area contributed by atoms with Gasteiger partial charge in [-0.15, -0.1) is 0 Å². The predicted octanol–water partition coefficient (Wildman–Crippen LogP) is 3.06. The van der Waals surface area contributed by atoms with Crippen molar-refractivity contribution in [1.82, 2.24) is 0 Å². The van der Waals surface area contributed by atoms with Gasteiger partial charge in [0.2, 0.25) is 5.92 Å². The summed E-state index contributed by atoms with van der Waals surface area (Å²) in [4.78, 5) is 11.0. The van der Waals surface area contributed by atoms with E-state index in [2.05, 4.69) is 0 Å². The van der Waals surface area contributed by atoms with Crippen LogP contribution in [0.1, 0.15) is 30.6 Å². The van der Waals surface area contributed by atoms with Gasteiger partial charge in [0.1, 0.15) is 0 Å². The minimum absolute atomic E-state index is 0.0372. The molecule has 0 unspecified atom stereocenters. The van der Waals surface area contributed by atoms with Crippen LogP contribution in [0.2, 0.25) is 0 Å². The number of thiophene rings is 1. The van der Waals surface area contributed by atoms with Gasteiger partial charge in [-0.25, -0.2) is 8.78 Å². The average Bonchev–Trinajstić information content (AvgIpc) is 2.80. The van der Waals surface area contributed by atoms with E-state index < -0.39 is 16.3 Å². The van der Waals surface area contributed by atoms with Crippen LogP contribution in [0.25, 0.3) is 0 Å². The summed E-state index contributed by atoms with van der Waals surface area (Å²) in [5.74, 6) is -2.62. The van der Waals surface area contributed by atoms with Crippen molar-refractivity contribution in [1.29, 1.82) is 0 Å². The van der Waals surface area contributed by atoms with Crippen molar-refractivity contribution in [3.63, 3.8) is 0 Å². The largest absolute Gasteiger partial charge is 0.330 e. The zero-order valence-corrected chi connectivity index (χ0v) is 10.5. The number of hydrogen-bond donors (Lipinski definition) is 1. The summed E-state index contributed by atoms with van der Waals surface area (Å²) in [6.07, 6.45) is 0.175. The van der Waals surface area contributed by atoms with E-state index in [1.165, 1.54) is 6.07 Å². The van der Waals surface area contributed by atoms with Gasteiger partial charge in [-0.3, -0.25) is 10.1 Å². The van der Waals surface area contributed by atoms with Crippen LogP contribution in [0.4, 0.5) is 13.8 Å². The van der Waals surface area contributed by atoms with Gasteiger partial charge < -0.3 is 5.73 Å². The van der Waals surface area contributed by atoms with Gasteiger partial charge in [0.15, 0.2) is 0 Å². The number of alkyl halides is 2. The first kappa shape index (κ1) is 13.4. The van der Waals surface area contributed by atoms with E-state index in [1.54, 1.807) is 6.07 Å². The van der Waals surface area contributed by atoms with Crippen molar-refractivity contribution < 1.29 is 13.7 Å². The lowest BCUT2D eigenvalue weighted by molar-refractivity contribution is -0.380. The minimum atomic E-state index is -2.62. The molecule has 1 aliphatic carbocycles. The molecule has 2 N–H and O–H groups in total. The van der Waals surface area contributed by atoms with Crippen molar-refractivity contribution in [2.75, 3.05) is 6.54 Å². The summed E-state index contributed by atoms with van der Waals surface area (Å²) in [6, 6.07) is 3.07. The van der Waals surface area contributed by atoms with Crippen molar-refractivity contribution in [3.8, 4) is 0 Å². The van der Waals surface area contributed by atoms with Crippen LogP contribution in [0, 0.1) is 10.1 Å². The fraction of sp³-hybridized carbons (Fsp3) is 0.636. The van der Waals surface area contributed by atoms with Crippen LogP contribution in [0.3, 0.4) is 0 Å². The predicted molar refractivity (Wildman–Crippen MR) is 65.1 cm³/mol. The van der Waals surface area contributed by atoms with Crippen LogP contribution in [0.5, 0.6) is 0 Å². The lowest BCUT2D eigenvalue weighted by Gasteiger charge is -2.38. The quantitative estimate of drug-likeness (QED) is 0.681. The molecule has 0 aliphatic heterocycles. The summed E-state index contributed by atoms with van der Waals surface area (Å²) in [7, 11) is 0. The van der Waals surface area contributed by atoms with Gasteiger partial charge in [-0.1, -0.05) is 11.3 Å². The fourth-order valence-electron chi connectivity index (χ4n) is 2.36. The third kappa shape index (κ3) is 2.37. The molecule has 0 radical (unpaired) electrons. The molecule has 1 heterocycles. The van der Waals surface area contributed by atoms with Gasteiger partial charge in [-0.2, -0.15) is 0 Å². The average molecular weight is 276 g/mol. The lowest BCUT2D eigenvalue weighted by atomic mass is 9.72. The number of rotatable bonds is 3. The summed E-state index contributed by atoms with van der Waals surface area (Å²) in [6.45, 7) is 0.251. The highest BCUT2D eigenvalue weighted by molar-refractivity contribution is 7.15. The van der Waals surface area contributed by atoms with Gasteiger partial charge >= 0.3 is 5.00 Å². The number of nitrogens with zero attached hydrogens (tertiary/aromatic N) is 1. The summed E-state index contributed by atoms with van der Waals surface area (Å²) in [5, 5.41) is 10.7. The Hall–Kier alpha value is -1.08. The first-order valence-electron chi connectivity index (χ1n) is 5.71. The highest BCUT2D eigenvalue weighted by Gasteiger charge is 2.44. The monoisotopic (exact) mass is 276 g/mol. The third-order valence-electron chi connectivity index (χ3n) is 3.62. The minimum Gasteiger partial charge on any atom is -0.330 e. The third-order valence-corrected chi connectivity index (χ3v) is 4.91. The topological polar surface area (TPSA) is 69.2 Å². The molecule has 7 heteroatoms. The first-order chi connectivity index (χ1) is 8.38. The fourth-order valence-corrected chi connectivity index (χ4v) is 3.43. The Morgan fingerprint density at radius 2 is 1.94 bits per heavy atom. The van der Waals surface area contributed by atoms with Gasteiger partial charge in [-0.05, 0) is 18.9 Å². The van der Waals surface area contributed by atoms with Crippen LogP contribution in [0.15, 0.2) is 12.1 Å².